The lowest BCUT2D eigenvalue weighted by molar-refractivity contribution is 0.609. The fourth-order valence-corrected chi connectivity index (χ4v) is 1.65. The van der Waals surface area contributed by atoms with E-state index in [0.717, 1.165) is 29.9 Å². The Labute approximate surface area is 94.9 Å². The molecule has 0 aliphatic rings. The first kappa shape index (κ1) is 10.8. The van der Waals surface area contributed by atoms with Crippen LogP contribution in [0.1, 0.15) is 31.6 Å². The molecule has 0 radical (unpaired) electrons. The minimum atomic E-state index is 0.000544. The van der Waals surface area contributed by atoms with Gasteiger partial charge in [-0.3, -0.25) is 4.98 Å². The van der Waals surface area contributed by atoms with Gasteiger partial charge in [0.1, 0.15) is 5.82 Å². The molecule has 16 heavy (non-hydrogen) atoms. The van der Waals surface area contributed by atoms with E-state index in [0.29, 0.717) is 0 Å². The average molecular weight is 216 g/mol. The number of imidazole rings is 1. The van der Waals surface area contributed by atoms with Crippen molar-refractivity contribution >= 4 is 0 Å². The molecule has 1 atom stereocenters. The number of rotatable bonds is 4. The first-order valence-corrected chi connectivity index (χ1v) is 5.52. The molecule has 84 valence electrons. The number of nitrogens with zero attached hydrogens (tertiary/aromatic N) is 2. The molecule has 0 saturated carbocycles. The molecular formula is C12H16N4. The molecule has 2 heterocycles. The maximum absolute atomic E-state index is 5.99. The summed E-state index contributed by atoms with van der Waals surface area (Å²) in [6.45, 7) is 2.12. The van der Waals surface area contributed by atoms with Gasteiger partial charge in [-0.25, -0.2) is 4.98 Å². The van der Waals surface area contributed by atoms with E-state index >= 15 is 0 Å². The molecule has 0 spiro atoms. The maximum Gasteiger partial charge on any atom is 0.123 e. The highest BCUT2D eigenvalue weighted by Crippen LogP contribution is 2.19. The number of pyridine rings is 1. The van der Waals surface area contributed by atoms with Crippen LogP contribution in [0.4, 0.5) is 0 Å². The van der Waals surface area contributed by atoms with Crippen LogP contribution in [0.15, 0.2) is 30.7 Å². The van der Waals surface area contributed by atoms with E-state index in [1.54, 1.807) is 12.4 Å². The zero-order valence-corrected chi connectivity index (χ0v) is 9.35. The molecular weight excluding hydrogens is 200 g/mol. The quantitative estimate of drug-likeness (QED) is 0.823. The van der Waals surface area contributed by atoms with Crippen LogP contribution < -0.4 is 5.73 Å². The molecule has 4 nitrogen and oxygen atoms in total. The monoisotopic (exact) mass is 216 g/mol. The van der Waals surface area contributed by atoms with Crippen LogP contribution >= 0.6 is 0 Å². The molecule has 2 rings (SSSR count). The number of hydrogen-bond donors (Lipinski definition) is 2. The standard InChI is InChI=1S/C12H16N4/c1-2-3-10(13)12-15-8-11(16-12)9-4-6-14-7-5-9/h4-8,10H,2-3,13H2,1H3,(H,15,16). The zero-order chi connectivity index (χ0) is 11.4. The summed E-state index contributed by atoms with van der Waals surface area (Å²) in [7, 11) is 0. The van der Waals surface area contributed by atoms with E-state index in [-0.39, 0.29) is 6.04 Å². The summed E-state index contributed by atoms with van der Waals surface area (Å²) in [6.07, 6.45) is 7.36. The summed E-state index contributed by atoms with van der Waals surface area (Å²) in [6, 6.07) is 3.89. The largest absolute Gasteiger partial charge is 0.341 e. The van der Waals surface area contributed by atoms with Gasteiger partial charge in [-0.05, 0) is 18.6 Å². The fourth-order valence-electron chi connectivity index (χ4n) is 1.65. The molecule has 0 aliphatic heterocycles. The van der Waals surface area contributed by atoms with E-state index < -0.39 is 0 Å². The highest BCUT2D eigenvalue weighted by atomic mass is 15.0. The third kappa shape index (κ3) is 2.28. The van der Waals surface area contributed by atoms with E-state index in [2.05, 4.69) is 21.9 Å². The minimum absolute atomic E-state index is 0.000544. The predicted molar refractivity (Wildman–Crippen MR) is 63.7 cm³/mol. The first-order chi connectivity index (χ1) is 7.81. The number of nitrogens with one attached hydrogen (secondary N) is 1. The van der Waals surface area contributed by atoms with Crippen molar-refractivity contribution in [2.24, 2.45) is 5.73 Å². The maximum atomic E-state index is 5.99. The summed E-state index contributed by atoms with van der Waals surface area (Å²) in [5.41, 5.74) is 8.06. The second-order valence-corrected chi connectivity index (χ2v) is 3.81. The second-order valence-electron chi connectivity index (χ2n) is 3.81. The molecule has 2 aromatic rings. The number of hydrogen-bond acceptors (Lipinski definition) is 3. The van der Waals surface area contributed by atoms with Crippen molar-refractivity contribution in [1.82, 2.24) is 15.0 Å². The Balaban J connectivity index is 2.20. The Morgan fingerprint density at radius 1 is 1.38 bits per heavy atom. The molecule has 3 N–H and O–H groups in total. The van der Waals surface area contributed by atoms with Gasteiger partial charge >= 0.3 is 0 Å². The van der Waals surface area contributed by atoms with Gasteiger partial charge in [0, 0.05) is 18.0 Å². The van der Waals surface area contributed by atoms with Crippen LogP contribution in [0, 0.1) is 0 Å². The Bertz CT molecular complexity index is 435. The summed E-state index contributed by atoms with van der Waals surface area (Å²) in [5.74, 6) is 0.855. The highest BCUT2D eigenvalue weighted by molar-refractivity contribution is 5.57. The lowest BCUT2D eigenvalue weighted by Crippen LogP contribution is -2.11. The highest BCUT2D eigenvalue weighted by Gasteiger charge is 2.09. The van der Waals surface area contributed by atoms with Gasteiger partial charge in [0.25, 0.3) is 0 Å². The molecule has 0 aliphatic carbocycles. The minimum Gasteiger partial charge on any atom is -0.341 e. The van der Waals surface area contributed by atoms with Crippen molar-refractivity contribution < 1.29 is 0 Å². The number of aromatic amines is 1. The molecule has 0 aromatic carbocycles. The zero-order valence-electron chi connectivity index (χ0n) is 9.35. The molecule has 0 amide bonds. The lowest BCUT2D eigenvalue weighted by Gasteiger charge is -2.05. The molecule has 4 heteroatoms. The third-order valence-electron chi connectivity index (χ3n) is 2.54. The van der Waals surface area contributed by atoms with Crippen LogP contribution in [0.3, 0.4) is 0 Å². The number of aromatic nitrogens is 3. The SMILES string of the molecule is CCCC(N)c1ncc(-c2ccncc2)[nH]1. The van der Waals surface area contributed by atoms with Crippen molar-refractivity contribution in [3.05, 3.63) is 36.5 Å². The first-order valence-electron chi connectivity index (χ1n) is 5.52. The van der Waals surface area contributed by atoms with Crippen LogP contribution in [-0.2, 0) is 0 Å². The smallest absolute Gasteiger partial charge is 0.123 e. The molecule has 0 bridgehead atoms. The van der Waals surface area contributed by atoms with Gasteiger partial charge in [-0.15, -0.1) is 0 Å². The van der Waals surface area contributed by atoms with E-state index in [9.17, 15) is 0 Å². The molecule has 2 aromatic heterocycles. The van der Waals surface area contributed by atoms with Gasteiger partial charge in [-0.2, -0.15) is 0 Å². The van der Waals surface area contributed by atoms with Crippen LogP contribution in [-0.4, -0.2) is 15.0 Å². The van der Waals surface area contributed by atoms with Gasteiger partial charge in [0.05, 0.1) is 17.9 Å². The van der Waals surface area contributed by atoms with Crippen molar-refractivity contribution in [1.29, 1.82) is 0 Å². The number of nitrogens with two attached hydrogens (primary N) is 1. The van der Waals surface area contributed by atoms with Crippen molar-refractivity contribution in [3.63, 3.8) is 0 Å². The predicted octanol–water partition coefficient (Wildman–Crippen LogP) is 2.27. The normalized spacial score (nSPS) is 12.6. The van der Waals surface area contributed by atoms with Gasteiger partial charge in [0.2, 0.25) is 0 Å². The average Bonchev–Trinajstić information content (AvgIpc) is 2.80. The van der Waals surface area contributed by atoms with E-state index in [1.165, 1.54) is 0 Å². The van der Waals surface area contributed by atoms with Crippen LogP contribution in [0.2, 0.25) is 0 Å². The Kier molecular flexibility index (Phi) is 3.31. The van der Waals surface area contributed by atoms with E-state index in [4.69, 9.17) is 5.73 Å². The molecule has 0 fully saturated rings. The summed E-state index contributed by atoms with van der Waals surface area (Å²) < 4.78 is 0. The molecule has 0 saturated heterocycles. The summed E-state index contributed by atoms with van der Waals surface area (Å²) in [5, 5.41) is 0. The summed E-state index contributed by atoms with van der Waals surface area (Å²) in [4.78, 5) is 11.5. The van der Waals surface area contributed by atoms with Crippen LogP contribution in [0.5, 0.6) is 0 Å². The van der Waals surface area contributed by atoms with Gasteiger partial charge in [0.15, 0.2) is 0 Å². The van der Waals surface area contributed by atoms with Crippen molar-refractivity contribution in [3.8, 4) is 11.3 Å². The fraction of sp³-hybridized carbons (Fsp3) is 0.333. The third-order valence-corrected chi connectivity index (χ3v) is 2.54. The summed E-state index contributed by atoms with van der Waals surface area (Å²) >= 11 is 0. The van der Waals surface area contributed by atoms with Crippen LogP contribution in [0.25, 0.3) is 11.3 Å². The van der Waals surface area contributed by atoms with Gasteiger partial charge in [-0.1, -0.05) is 13.3 Å². The van der Waals surface area contributed by atoms with Crippen molar-refractivity contribution in [2.75, 3.05) is 0 Å². The second kappa shape index (κ2) is 4.90. The Morgan fingerprint density at radius 2 is 2.12 bits per heavy atom. The topological polar surface area (TPSA) is 67.6 Å². The lowest BCUT2D eigenvalue weighted by atomic mass is 10.2. The Hall–Kier alpha value is -1.68. The van der Waals surface area contributed by atoms with E-state index in [1.807, 2.05) is 18.3 Å². The number of H-pyrrole nitrogens is 1. The Morgan fingerprint density at radius 3 is 2.81 bits per heavy atom. The molecule has 1 unspecified atom stereocenters. The van der Waals surface area contributed by atoms with Crippen molar-refractivity contribution in [2.45, 2.75) is 25.8 Å². The van der Waals surface area contributed by atoms with Gasteiger partial charge < -0.3 is 10.7 Å².